The molecule has 0 aliphatic carbocycles. The van der Waals surface area contributed by atoms with Gasteiger partial charge in [-0.05, 0) is 24.6 Å². The molecular formula is C20H28N4O9S. The highest BCUT2D eigenvalue weighted by molar-refractivity contribution is 7.80. The van der Waals surface area contributed by atoms with Crippen molar-refractivity contribution in [1.29, 1.82) is 0 Å². The lowest BCUT2D eigenvalue weighted by Gasteiger charge is -2.26. The normalized spacial score (nSPS) is 15.2. The van der Waals surface area contributed by atoms with E-state index < -0.39 is 66.4 Å². The van der Waals surface area contributed by atoms with Crippen molar-refractivity contribution in [3.63, 3.8) is 0 Å². The van der Waals surface area contributed by atoms with E-state index in [0.717, 1.165) is 6.92 Å². The first kappa shape index (κ1) is 28.7. The van der Waals surface area contributed by atoms with E-state index in [0.29, 0.717) is 5.56 Å². The quantitative estimate of drug-likeness (QED) is 0.130. The highest BCUT2D eigenvalue weighted by Crippen LogP contribution is 2.12. The highest BCUT2D eigenvalue weighted by Gasteiger charge is 2.33. The molecule has 0 aliphatic rings. The van der Waals surface area contributed by atoms with E-state index in [1.165, 1.54) is 24.3 Å². The fourth-order valence-corrected chi connectivity index (χ4v) is 2.90. The number of phenolic OH excluding ortho intramolecular Hbond substituents is 1. The number of nitrogens with one attached hydrogen (secondary N) is 3. The molecule has 5 atom stereocenters. The van der Waals surface area contributed by atoms with Crippen molar-refractivity contribution in [1.82, 2.24) is 16.0 Å². The van der Waals surface area contributed by atoms with Crippen molar-refractivity contribution >= 4 is 42.3 Å². The third kappa shape index (κ3) is 9.25. The number of phenols is 1. The summed E-state index contributed by atoms with van der Waals surface area (Å²) in [6.45, 7) is 1.15. The molecular weight excluding hydrogens is 472 g/mol. The Morgan fingerprint density at radius 3 is 1.97 bits per heavy atom. The molecule has 188 valence electrons. The van der Waals surface area contributed by atoms with Crippen molar-refractivity contribution in [3.05, 3.63) is 29.8 Å². The van der Waals surface area contributed by atoms with Gasteiger partial charge in [0.05, 0.1) is 18.6 Å². The van der Waals surface area contributed by atoms with Crippen LogP contribution in [0.25, 0.3) is 0 Å². The Bertz CT molecular complexity index is 895. The zero-order valence-corrected chi connectivity index (χ0v) is 19.1. The third-order valence-corrected chi connectivity index (χ3v) is 4.99. The predicted molar refractivity (Wildman–Crippen MR) is 121 cm³/mol. The average molecular weight is 501 g/mol. The Kier molecular flexibility index (Phi) is 11.3. The molecule has 0 fully saturated rings. The number of carboxylic acid groups (broad SMARTS) is 2. The second kappa shape index (κ2) is 13.4. The maximum atomic E-state index is 12.9. The molecule has 1 rings (SSSR count). The third-order valence-electron chi connectivity index (χ3n) is 4.60. The highest BCUT2D eigenvalue weighted by atomic mass is 32.1. The number of benzene rings is 1. The summed E-state index contributed by atoms with van der Waals surface area (Å²) in [5.74, 6) is -5.89. The van der Waals surface area contributed by atoms with E-state index in [1.54, 1.807) is 0 Å². The van der Waals surface area contributed by atoms with Gasteiger partial charge in [0.2, 0.25) is 17.7 Å². The van der Waals surface area contributed by atoms with Crippen LogP contribution in [0.5, 0.6) is 5.75 Å². The average Bonchev–Trinajstić information content (AvgIpc) is 2.76. The summed E-state index contributed by atoms with van der Waals surface area (Å²) in [4.78, 5) is 59.8. The summed E-state index contributed by atoms with van der Waals surface area (Å²) in [5, 5.41) is 44.0. The van der Waals surface area contributed by atoms with Gasteiger partial charge < -0.3 is 42.1 Å². The van der Waals surface area contributed by atoms with Crippen LogP contribution < -0.4 is 21.7 Å². The van der Waals surface area contributed by atoms with Crippen molar-refractivity contribution in [2.45, 2.75) is 50.0 Å². The number of hydrogen-bond acceptors (Lipinski definition) is 9. The van der Waals surface area contributed by atoms with Crippen LogP contribution in [0.3, 0.4) is 0 Å². The van der Waals surface area contributed by atoms with Gasteiger partial charge in [-0.1, -0.05) is 12.1 Å². The maximum Gasteiger partial charge on any atom is 0.326 e. The number of amides is 3. The van der Waals surface area contributed by atoms with Crippen LogP contribution in [0, 0.1) is 0 Å². The first-order valence-corrected chi connectivity index (χ1v) is 10.7. The number of aliphatic hydroxyl groups is 1. The summed E-state index contributed by atoms with van der Waals surface area (Å²) < 4.78 is 0. The minimum atomic E-state index is -1.80. The molecule has 9 N–H and O–H groups in total. The second-order valence-electron chi connectivity index (χ2n) is 7.44. The first-order valence-electron chi connectivity index (χ1n) is 10.0. The van der Waals surface area contributed by atoms with E-state index in [2.05, 4.69) is 23.3 Å². The Morgan fingerprint density at radius 2 is 1.50 bits per heavy atom. The van der Waals surface area contributed by atoms with E-state index >= 15 is 0 Å². The maximum absolute atomic E-state index is 12.9. The van der Waals surface area contributed by atoms with Crippen LogP contribution in [0.2, 0.25) is 0 Å². The molecule has 5 unspecified atom stereocenters. The topological polar surface area (TPSA) is 228 Å². The Labute approximate surface area is 200 Å². The molecule has 14 heteroatoms. The zero-order valence-electron chi connectivity index (χ0n) is 18.2. The molecule has 3 amide bonds. The SMILES string of the molecule is CC(O)C(NC(=O)C(Cc1ccc(O)cc1)NC(=O)C(N)CS)C(=O)NC(CC(=O)O)C(=O)O. The number of thiol groups is 1. The largest absolute Gasteiger partial charge is 0.508 e. The molecule has 0 saturated heterocycles. The number of aliphatic hydroxyl groups excluding tert-OH is 1. The minimum Gasteiger partial charge on any atom is -0.508 e. The molecule has 0 radical (unpaired) electrons. The van der Waals surface area contributed by atoms with Gasteiger partial charge in [0.25, 0.3) is 0 Å². The number of carboxylic acids is 2. The fourth-order valence-electron chi connectivity index (χ4n) is 2.73. The zero-order chi connectivity index (χ0) is 26.0. The number of nitrogens with two attached hydrogens (primary N) is 1. The van der Waals surface area contributed by atoms with Crippen LogP contribution in [0.4, 0.5) is 0 Å². The van der Waals surface area contributed by atoms with Gasteiger partial charge in [-0.2, -0.15) is 12.6 Å². The summed E-state index contributed by atoms with van der Waals surface area (Å²) in [6.07, 6.45) is -2.52. The number of aromatic hydroxyl groups is 1. The summed E-state index contributed by atoms with van der Waals surface area (Å²) in [6, 6.07) is -0.0403. The lowest BCUT2D eigenvalue weighted by molar-refractivity contribution is -0.148. The van der Waals surface area contributed by atoms with Crippen LogP contribution in [-0.2, 0) is 30.4 Å². The molecule has 0 heterocycles. The smallest absolute Gasteiger partial charge is 0.326 e. The fraction of sp³-hybridized carbons (Fsp3) is 0.450. The monoisotopic (exact) mass is 500 g/mol. The van der Waals surface area contributed by atoms with Crippen LogP contribution in [0.1, 0.15) is 18.9 Å². The summed E-state index contributed by atoms with van der Waals surface area (Å²) in [5.41, 5.74) is 6.17. The summed E-state index contributed by atoms with van der Waals surface area (Å²) in [7, 11) is 0. The van der Waals surface area contributed by atoms with E-state index in [-0.39, 0.29) is 17.9 Å². The number of aliphatic carboxylic acids is 2. The molecule has 0 aromatic heterocycles. The lowest BCUT2D eigenvalue weighted by atomic mass is 10.0. The standard InChI is InChI=1S/C20H28N4O9S/c1-9(25)16(19(31)23-14(20(32)33)7-15(27)28)24-18(30)13(22-17(29)12(21)8-34)6-10-2-4-11(26)5-3-10/h2-5,9,12-14,16,25-26,34H,6-8,21H2,1H3,(H,22,29)(H,23,31)(H,24,30)(H,27,28)(H,32,33). The number of rotatable bonds is 13. The van der Waals surface area contributed by atoms with Gasteiger partial charge >= 0.3 is 11.9 Å². The van der Waals surface area contributed by atoms with Gasteiger partial charge in [-0.3, -0.25) is 19.2 Å². The minimum absolute atomic E-state index is 0.0156. The summed E-state index contributed by atoms with van der Waals surface area (Å²) >= 11 is 3.93. The van der Waals surface area contributed by atoms with Gasteiger partial charge in [-0.25, -0.2) is 4.79 Å². The number of carbonyl (C=O) groups excluding carboxylic acids is 3. The van der Waals surface area contributed by atoms with Crippen LogP contribution in [-0.4, -0.2) is 86.1 Å². The van der Waals surface area contributed by atoms with Gasteiger partial charge in [0, 0.05) is 12.2 Å². The molecule has 1 aromatic rings. The predicted octanol–water partition coefficient (Wildman–Crippen LogP) is -2.41. The molecule has 13 nitrogen and oxygen atoms in total. The molecule has 0 saturated carbocycles. The van der Waals surface area contributed by atoms with Crippen LogP contribution in [0.15, 0.2) is 24.3 Å². The number of hydrogen-bond donors (Lipinski definition) is 9. The van der Waals surface area contributed by atoms with Gasteiger partial charge in [0.15, 0.2) is 0 Å². The Balaban J connectivity index is 3.08. The van der Waals surface area contributed by atoms with Gasteiger partial charge in [-0.15, -0.1) is 0 Å². The molecule has 1 aromatic carbocycles. The molecule has 0 spiro atoms. The Morgan fingerprint density at radius 1 is 0.941 bits per heavy atom. The van der Waals surface area contributed by atoms with E-state index in [9.17, 15) is 34.2 Å². The van der Waals surface area contributed by atoms with Crippen molar-refractivity contribution < 1.29 is 44.4 Å². The van der Waals surface area contributed by atoms with Crippen molar-refractivity contribution in [3.8, 4) is 5.75 Å². The molecule has 0 bridgehead atoms. The second-order valence-corrected chi connectivity index (χ2v) is 7.81. The van der Waals surface area contributed by atoms with E-state index in [4.69, 9.17) is 15.9 Å². The van der Waals surface area contributed by atoms with Crippen LogP contribution >= 0.6 is 12.6 Å². The molecule has 34 heavy (non-hydrogen) atoms. The van der Waals surface area contributed by atoms with E-state index in [1.807, 2.05) is 5.32 Å². The molecule has 0 aliphatic heterocycles. The number of carbonyl (C=O) groups is 5. The van der Waals surface area contributed by atoms with Gasteiger partial charge in [0.1, 0.15) is 23.9 Å². The first-order chi connectivity index (χ1) is 15.8. The van der Waals surface area contributed by atoms with Crippen molar-refractivity contribution in [2.75, 3.05) is 5.75 Å². The Hall–Kier alpha value is -3.36. The lowest BCUT2D eigenvalue weighted by Crippen LogP contribution is -2.60. The van der Waals surface area contributed by atoms with Crippen molar-refractivity contribution in [2.24, 2.45) is 5.73 Å².